The van der Waals surface area contributed by atoms with Gasteiger partial charge in [0.1, 0.15) is 29.3 Å². The van der Waals surface area contributed by atoms with Crippen LogP contribution in [0, 0.1) is 30.5 Å². The summed E-state index contributed by atoms with van der Waals surface area (Å²) in [6.45, 7) is 4.12. The molecule has 2 aliphatic carbocycles. The highest BCUT2D eigenvalue weighted by Gasteiger charge is 2.44. The minimum Gasteiger partial charge on any atom is -0.494 e. The second kappa shape index (κ2) is 20.4. The number of piperidine rings is 2. The third-order valence-electron chi connectivity index (χ3n) is 14.2. The van der Waals surface area contributed by atoms with Gasteiger partial charge in [-0.3, -0.25) is 14.4 Å². The van der Waals surface area contributed by atoms with Gasteiger partial charge in [-0.15, -0.1) is 0 Å². The summed E-state index contributed by atoms with van der Waals surface area (Å²) < 4.78 is 43.7. The minimum atomic E-state index is -1.09. The van der Waals surface area contributed by atoms with Gasteiger partial charge in [-0.25, -0.2) is 24.2 Å². The van der Waals surface area contributed by atoms with E-state index in [2.05, 4.69) is 20.3 Å². The number of rotatable bonds is 15. The van der Waals surface area contributed by atoms with E-state index in [0.29, 0.717) is 91.3 Å². The molecule has 4 fully saturated rings. The Balaban J connectivity index is 0.926. The lowest BCUT2D eigenvalue weighted by molar-refractivity contribution is -0.143. The van der Waals surface area contributed by atoms with Gasteiger partial charge in [0, 0.05) is 61.6 Å². The number of carbonyl (C=O) groups is 4. The van der Waals surface area contributed by atoms with Crippen LogP contribution in [0.15, 0.2) is 41.8 Å². The van der Waals surface area contributed by atoms with Crippen molar-refractivity contribution < 1.29 is 47.3 Å². The Bertz CT molecular complexity index is 2570. The molecule has 0 radical (unpaired) electrons. The maximum Gasteiger partial charge on any atom is 0.413 e. The fraction of sp³-hybridized carbons (Fsp3) is 0.540. The highest BCUT2D eigenvalue weighted by Crippen LogP contribution is 2.42. The molecule has 9 rings (SSSR count). The van der Waals surface area contributed by atoms with E-state index < -0.39 is 18.0 Å². The van der Waals surface area contributed by atoms with E-state index in [9.17, 15) is 19.2 Å². The van der Waals surface area contributed by atoms with E-state index >= 15 is 4.39 Å². The Labute approximate surface area is 395 Å². The standard InChI is InChI=1S/C50H61FN8O9/c1-29-47(46-45(54-29)44(52-28-53-46)35-25-36(51)40(65-3)26-39(35)67-27-30-12-13-30)68-50(63)55-37(15-17-42(60)57-20-8-5-9-21-57)49(62)58-22-18-32(19-23-58)59-48(61)34-11-7-6-10-33(34)43(56-59)31-14-16-38(64-2)41(24-31)66-4/h14,16,24-26,28,30,32-34,37,54H,5-13,15,17-23,27H2,1-4H3,(H,55,63)/t33-,34+,37-/m0/s1. The molecular formula is C50H61FN8O9. The summed E-state index contributed by atoms with van der Waals surface area (Å²) in [4.78, 5) is 71.7. The summed E-state index contributed by atoms with van der Waals surface area (Å²) in [7, 11) is 4.58. The third kappa shape index (κ3) is 9.77. The summed E-state index contributed by atoms with van der Waals surface area (Å²) in [6.07, 6.45) is 10.1. The van der Waals surface area contributed by atoms with Gasteiger partial charge >= 0.3 is 6.09 Å². The highest BCUT2D eigenvalue weighted by atomic mass is 19.1. The van der Waals surface area contributed by atoms with E-state index in [-0.39, 0.29) is 65.5 Å². The summed E-state index contributed by atoms with van der Waals surface area (Å²) in [5, 5.41) is 9.53. The van der Waals surface area contributed by atoms with Gasteiger partial charge in [0.25, 0.3) is 0 Å². The van der Waals surface area contributed by atoms with Crippen molar-refractivity contribution in [2.45, 2.75) is 102 Å². The number of ether oxygens (including phenoxy) is 5. The average Bonchev–Trinajstić information content (AvgIpc) is 4.15. The fourth-order valence-electron chi connectivity index (χ4n) is 10.2. The Kier molecular flexibility index (Phi) is 14.0. The van der Waals surface area contributed by atoms with Crippen molar-refractivity contribution in [3.05, 3.63) is 53.7 Å². The van der Waals surface area contributed by atoms with Crippen LogP contribution in [-0.2, 0) is 14.4 Å². The number of likely N-dealkylation sites (tertiary alicyclic amines) is 2. The molecule has 2 saturated heterocycles. The number of H-pyrrole nitrogens is 1. The number of aryl methyl sites for hydroxylation is 1. The average molecular weight is 937 g/mol. The molecule has 0 spiro atoms. The molecule has 2 N–H and O–H groups in total. The molecule has 4 amide bonds. The van der Waals surface area contributed by atoms with Gasteiger partial charge < -0.3 is 43.8 Å². The quantitative estimate of drug-likeness (QED) is 0.123. The number of methoxy groups -OCH3 is 3. The van der Waals surface area contributed by atoms with E-state index in [4.69, 9.17) is 28.8 Å². The van der Waals surface area contributed by atoms with Crippen molar-refractivity contribution >= 4 is 40.6 Å². The second-order valence-corrected chi connectivity index (χ2v) is 18.6. The molecule has 18 heteroatoms. The molecule has 5 aliphatic rings. The Morgan fingerprint density at radius 1 is 0.824 bits per heavy atom. The number of hydrogen-bond acceptors (Lipinski definition) is 12. The maximum absolute atomic E-state index is 15.2. The van der Waals surface area contributed by atoms with E-state index in [1.165, 1.54) is 25.6 Å². The van der Waals surface area contributed by atoms with Crippen LogP contribution in [0.25, 0.3) is 22.3 Å². The molecule has 17 nitrogen and oxygen atoms in total. The van der Waals surface area contributed by atoms with Crippen molar-refractivity contribution in [1.82, 2.24) is 35.1 Å². The summed E-state index contributed by atoms with van der Waals surface area (Å²) in [6, 6.07) is 7.22. The fourth-order valence-corrected chi connectivity index (χ4v) is 10.2. The van der Waals surface area contributed by atoms with Crippen LogP contribution in [0.2, 0.25) is 0 Å². The SMILES string of the molecule is COc1cc(OCC2CC2)c(-c2ncnc3c(OC(=O)N[C@@H](CCC(=O)N4CCCCC4)C(=O)N4CCC(N5N=C(c6ccc(OC)c(OC)c6)[C@H]6CCCC[C@H]6C5=O)CC4)c(C)[nH]c23)cc1F. The van der Waals surface area contributed by atoms with Gasteiger partial charge in [0.05, 0.1) is 50.9 Å². The molecule has 5 heterocycles. The van der Waals surface area contributed by atoms with Crippen LogP contribution in [0.5, 0.6) is 28.7 Å². The van der Waals surface area contributed by atoms with E-state index in [1.54, 1.807) is 31.1 Å². The first-order valence-electron chi connectivity index (χ1n) is 24.1. The van der Waals surface area contributed by atoms with E-state index in [0.717, 1.165) is 69.1 Å². The summed E-state index contributed by atoms with van der Waals surface area (Å²) in [5.41, 5.74) is 3.55. The topological polar surface area (TPSA) is 190 Å². The normalized spacial score (nSPS) is 20.3. The molecule has 2 saturated carbocycles. The Morgan fingerprint density at radius 3 is 2.28 bits per heavy atom. The predicted molar refractivity (Wildman–Crippen MR) is 249 cm³/mol. The number of nitrogens with one attached hydrogen (secondary N) is 2. The molecule has 3 aliphatic heterocycles. The van der Waals surface area contributed by atoms with Crippen molar-refractivity contribution in [2.75, 3.05) is 54.1 Å². The van der Waals surface area contributed by atoms with Crippen LogP contribution in [0.4, 0.5) is 9.18 Å². The van der Waals surface area contributed by atoms with Gasteiger partial charge in [-0.05, 0) is 101 Å². The molecule has 3 atom stereocenters. The zero-order valence-electron chi connectivity index (χ0n) is 39.3. The van der Waals surface area contributed by atoms with Crippen molar-refractivity contribution in [3.63, 3.8) is 0 Å². The molecule has 2 aromatic heterocycles. The van der Waals surface area contributed by atoms with Gasteiger partial charge in [-0.1, -0.05) is 12.8 Å². The van der Waals surface area contributed by atoms with Crippen LogP contribution >= 0.6 is 0 Å². The molecule has 2 aromatic carbocycles. The molecule has 362 valence electrons. The molecule has 4 aromatic rings. The van der Waals surface area contributed by atoms with E-state index in [1.807, 2.05) is 23.1 Å². The first kappa shape index (κ1) is 46.6. The number of nitrogens with zero attached hydrogens (tertiary/aromatic N) is 6. The van der Waals surface area contributed by atoms with Gasteiger partial charge in [0.2, 0.25) is 17.7 Å². The largest absolute Gasteiger partial charge is 0.494 e. The molecule has 0 unspecified atom stereocenters. The molecule has 68 heavy (non-hydrogen) atoms. The smallest absolute Gasteiger partial charge is 0.413 e. The lowest BCUT2D eigenvalue weighted by Crippen LogP contribution is -2.55. The lowest BCUT2D eigenvalue weighted by Gasteiger charge is -2.43. The van der Waals surface area contributed by atoms with Crippen molar-refractivity contribution in [1.29, 1.82) is 0 Å². The first-order chi connectivity index (χ1) is 33.0. The van der Waals surface area contributed by atoms with Gasteiger partial charge in [0.15, 0.2) is 28.8 Å². The zero-order valence-corrected chi connectivity index (χ0v) is 39.3. The van der Waals surface area contributed by atoms with Crippen LogP contribution in [-0.4, -0.2) is 125 Å². The number of hydrogen-bond donors (Lipinski definition) is 2. The van der Waals surface area contributed by atoms with Crippen molar-refractivity contribution in [3.8, 4) is 40.0 Å². The Morgan fingerprint density at radius 2 is 1.56 bits per heavy atom. The third-order valence-corrected chi connectivity index (χ3v) is 14.2. The number of fused-ring (bicyclic) bond motifs is 2. The number of aromatic amines is 1. The van der Waals surface area contributed by atoms with Crippen LogP contribution in [0.3, 0.4) is 0 Å². The summed E-state index contributed by atoms with van der Waals surface area (Å²) in [5.74, 6) is 0.957. The number of hydrazone groups is 1. The number of benzene rings is 2. The number of carbonyl (C=O) groups excluding carboxylic acids is 4. The van der Waals surface area contributed by atoms with Crippen molar-refractivity contribution in [2.24, 2.45) is 22.9 Å². The zero-order chi connectivity index (χ0) is 47.5. The number of aromatic nitrogens is 3. The molecule has 0 bridgehead atoms. The van der Waals surface area contributed by atoms with Crippen LogP contribution in [0.1, 0.15) is 94.7 Å². The lowest BCUT2D eigenvalue weighted by atomic mass is 9.73. The minimum absolute atomic E-state index is 0.00355. The highest BCUT2D eigenvalue weighted by molar-refractivity contribution is 6.07. The monoisotopic (exact) mass is 936 g/mol. The summed E-state index contributed by atoms with van der Waals surface area (Å²) >= 11 is 0. The second-order valence-electron chi connectivity index (χ2n) is 18.6. The number of halogens is 1. The predicted octanol–water partition coefficient (Wildman–Crippen LogP) is 7.18. The maximum atomic E-state index is 15.2. The number of amides is 4. The Hall–Kier alpha value is -6.46. The van der Waals surface area contributed by atoms with Gasteiger partial charge in [-0.2, -0.15) is 5.10 Å². The molecular weight excluding hydrogens is 876 g/mol. The van der Waals surface area contributed by atoms with Crippen LogP contribution < -0.4 is 29.0 Å². The first-order valence-corrected chi connectivity index (χ1v) is 24.1.